The van der Waals surface area contributed by atoms with Gasteiger partial charge in [0.1, 0.15) is 0 Å². The molecule has 0 aliphatic carbocycles. The SMILES string of the molecule is CO.CO.O=[N+]([O-])[O-].O=[N+]([O-])[O-].O=[N+]([O-])[O-].[La+3].[O-]c1c2ccc(c1[O-])/C=N/OCCO/N=C/c1ccc(c([O-])c1[O-])/C=N/OCCO/N=C/c1ccc(c([O-])c1[O-])/C=N/OCCO/N=C/2.[Zn+2].[Zn+2].[Zn+2]. The van der Waals surface area contributed by atoms with E-state index in [1.165, 1.54) is 36.4 Å². The van der Waals surface area contributed by atoms with Gasteiger partial charge in [0.25, 0.3) is 0 Å². The molecule has 0 unspecified atom stereocenters. The van der Waals surface area contributed by atoms with Gasteiger partial charge in [-0.15, -0.1) is 34.5 Å². The molecule has 32 nitrogen and oxygen atoms in total. The normalized spacial score (nSPS) is 14.5. The minimum absolute atomic E-state index is 0. The monoisotopic (exact) mass is 1240 g/mol. The number of benzene rings is 3. The number of fused-ring (bicyclic) bond motifs is 2. The molecule has 4 aliphatic heterocycles. The maximum atomic E-state index is 12.3. The van der Waals surface area contributed by atoms with Crippen molar-refractivity contribution in [2.24, 2.45) is 30.9 Å². The van der Waals surface area contributed by atoms with Crippen molar-refractivity contribution < 1.29 is 179 Å². The molecule has 352 valence electrons. The van der Waals surface area contributed by atoms with E-state index in [2.05, 4.69) is 30.9 Å². The third-order valence-electron chi connectivity index (χ3n) is 5.91. The molecule has 7 rings (SSSR count). The fraction of sp³-hybridized carbons (Fsp3) is 0.250. The fourth-order valence-corrected chi connectivity index (χ4v) is 3.49. The van der Waals surface area contributed by atoms with Crippen LogP contribution >= 0.6 is 0 Å². The van der Waals surface area contributed by atoms with E-state index in [0.717, 1.165) is 51.5 Å². The van der Waals surface area contributed by atoms with Crippen LogP contribution in [0, 0.1) is 81.6 Å². The van der Waals surface area contributed by atoms with Gasteiger partial charge in [-0.25, -0.2) is 0 Å². The summed E-state index contributed by atoms with van der Waals surface area (Å²) in [6.07, 6.45) is 6.31. The third kappa shape index (κ3) is 34.2. The smallest absolute Gasteiger partial charge is 0.872 e. The number of oxime groups is 6. The zero-order valence-electron chi connectivity index (χ0n) is 35.4. The molecule has 0 aromatic heterocycles. The first-order chi connectivity index (χ1) is 30.6. The first kappa shape index (κ1) is 73.4. The molecule has 0 amide bonds. The minimum Gasteiger partial charge on any atom is -0.872 e. The Labute approximate surface area is 448 Å². The van der Waals surface area contributed by atoms with Crippen molar-refractivity contribution in [2.75, 3.05) is 53.9 Å². The van der Waals surface area contributed by atoms with Crippen molar-refractivity contribution in [1.82, 2.24) is 0 Å². The van der Waals surface area contributed by atoms with Crippen molar-refractivity contribution in [2.45, 2.75) is 0 Å². The van der Waals surface area contributed by atoms with Gasteiger partial charge in [-0.3, -0.25) is 0 Å². The maximum Gasteiger partial charge on any atom is 3.00 e. The van der Waals surface area contributed by atoms with Crippen molar-refractivity contribution in [3.63, 3.8) is 0 Å². The van der Waals surface area contributed by atoms with Gasteiger partial charge < -0.3 is 116 Å². The van der Waals surface area contributed by atoms with E-state index in [4.69, 9.17) is 85.2 Å². The molecule has 0 fully saturated rings. The second kappa shape index (κ2) is 46.0. The summed E-state index contributed by atoms with van der Waals surface area (Å²) < 4.78 is 0. The molecule has 0 radical (unpaired) electrons. The molecule has 3 aromatic carbocycles. The minimum atomic E-state index is -1.75. The van der Waals surface area contributed by atoms with Crippen LogP contribution in [0.2, 0.25) is 0 Å². The van der Waals surface area contributed by atoms with Gasteiger partial charge in [-0.1, -0.05) is 67.3 Å². The standard InChI is InChI=1S/C30H30N6O12.2CH4O.La.3NO3.3Zn/c37-25-19-1-2-20(26(25)38)14-32-44-9-10-46-34-16-22-5-6-24(30(42)28(22)40)18-36-48-12-11-47-35-17-23-4-3-21(27(39)29(23)41)15-33-45-8-7-43-31-13-19;2*1-2;;3*2-1(3)4;;;/h1-6,13-18,37-42H,7-12H2;2*2H,1H3;;;;;;;/q;;;+3;3*-1;3*+2/p-6/b31-13+,32-14+,33-15+,34-16+,35-17+,36-18+;;;;;;;;;. The van der Waals surface area contributed by atoms with Crippen molar-refractivity contribution in [3.05, 3.63) is 116 Å². The van der Waals surface area contributed by atoms with E-state index < -0.39 is 49.8 Å². The maximum absolute atomic E-state index is 12.3. The topological polar surface area (TPSA) is 507 Å². The van der Waals surface area contributed by atoms with Crippen LogP contribution in [0.15, 0.2) is 67.3 Å². The van der Waals surface area contributed by atoms with Gasteiger partial charge in [0, 0.05) is 14.2 Å². The van der Waals surface area contributed by atoms with Crippen LogP contribution in [0.3, 0.4) is 0 Å². The Morgan fingerprint density at radius 3 is 0.559 bits per heavy atom. The van der Waals surface area contributed by atoms with E-state index in [1.807, 2.05) is 0 Å². The van der Waals surface area contributed by atoms with Crippen molar-refractivity contribution in [3.8, 4) is 34.5 Å². The van der Waals surface area contributed by atoms with Crippen molar-refractivity contribution in [1.29, 1.82) is 0 Å². The van der Waals surface area contributed by atoms with E-state index in [-0.39, 0.29) is 167 Å². The Morgan fingerprint density at radius 1 is 0.353 bits per heavy atom. The summed E-state index contributed by atoms with van der Waals surface area (Å²) >= 11 is 0. The summed E-state index contributed by atoms with van der Waals surface area (Å²) in [7, 11) is 2.00. The summed E-state index contributed by atoms with van der Waals surface area (Å²) in [5.41, 5.74) is -0.222. The summed E-state index contributed by atoms with van der Waals surface area (Å²) in [5.74, 6) is -5.10. The van der Waals surface area contributed by atoms with Crippen LogP contribution in [0.4, 0.5) is 0 Å². The quantitative estimate of drug-likeness (QED) is 0.130. The molecule has 0 saturated heterocycles. The number of aliphatic hydroxyl groups excluding tert-OH is 2. The van der Waals surface area contributed by atoms with Crippen LogP contribution in [0.5, 0.6) is 34.5 Å². The van der Waals surface area contributed by atoms with Gasteiger partial charge in [-0.2, -0.15) is 0 Å². The Bertz CT molecular complexity index is 1710. The number of hydrogen-bond acceptors (Lipinski definition) is 29. The average molecular weight is 1250 g/mol. The molecule has 2 N–H and O–H groups in total. The third-order valence-corrected chi connectivity index (χ3v) is 5.91. The molecular weight excluding hydrogens is 1210 g/mol. The van der Waals surface area contributed by atoms with Crippen LogP contribution < -0.4 is 30.6 Å². The molecule has 4 heterocycles. The van der Waals surface area contributed by atoms with Gasteiger partial charge in [0.05, 0.1) is 52.5 Å². The second-order valence-corrected chi connectivity index (χ2v) is 9.78. The second-order valence-electron chi connectivity index (χ2n) is 9.78. The van der Waals surface area contributed by atoms with E-state index in [9.17, 15) is 30.6 Å². The molecule has 0 spiro atoms. The molecule has 36 heteroatoms. The van der Waals surface area contributed by atoms with E-state index in [1.54, 1.807) is 0 Å². The molecule has 3 aromatic rings. The van der Waals surface area contributed by atoms with Crippen molar-refractivity contribution >= 4 is 37.3 Å². The Hall–Kier alpha value is -6.14. The summed E-state index contributed by atoms with van der Waals surface area (Å²) in [6, 6.07) is 8.03. The van der Waals surface area contributed by atoms with Crippen LogP contribution in [-0.4, -0.2) is 117 Å². The van der Waals surface area contributed by atoms with Crippen LogP contribution in [-0.2, 0) is 87.5 Å². The number of nitrogens with zero attached hydrogens (tertiary/aromatic N) is 9. The zero-order valence-corrected chi connectivity index (χ0v) is 47.9. The molecule has 0 saturated carbocycles. The van der Waals surface area contributed by atoms with Gasteiger partial charge in [-0.05, 0) is 33.4 Å². The van der Waals surface area contributed by atoms with Gasteiger partial charge >= 0.3 is 94.0 Å². The fourth-order valence-electron chi connectivity index (χ4n) is 3.49. The van der Waals surface area contributed by atoms with Crippen LogP contribution in [0.25, 0.3) is 0 Å². The molecule has 6 bridgehead atoms. The van der Waals surface area contributed by atoms with Gasteiger partial charge in [0.2, 0.25) is 0 Å². The number of aliphatic hydroxyl groups is 2. The summed E-state index contributed by atoms with van der Waals surface area (Å²) in [4.78, 5) is 54.6. The summed E-state index contributed by atoms with van der Waals surface area (Å²) in [6.45, 7) is -0.578. The predicted molar refractivity (Wildman–Crippen MR) is 205 cm³/mol. The zero-order chi connectivity index (χ0) is 48.9. The Morgan fingerprint density at radius 2 is 0.456 bits per heavy atom. The first-order valence-corrected chi connectivity index (χ1v) is 16.4. The molecule has 0 atom stereocenters. The Kier molecular flexibility index (Phi) is 49.7. The number of hydrogen-bond donors (Lipinski definition) is 2. The molecular formula is C32H32LaN9O23Zn3. The predicted octanol–water partition coefficient (Wildman–Crippen LogP) is -2.86. The molecule has 4 aliphatic rings. The average Bonchev–Trinajstić information content (AvgIpc) is 3.24. The first-order valence-electron chi connectivity index (χ1n) is 16.4. The Balaban J connectivity index is -0.000000422. The largest absolute Gasteiger partial charge is 3.00 e. The molecule has 68 heavy (non-hydrogen) atoms. The van der Waals surface area contributed by atoms with E-state index >= 15 is 0 Å². The number of rotatable bonds is 0. The van der Waals surface area contributed by atoms with E-state index in [0.29, 0.717) is 0 Å². The van der Waals surface area contributed by atoms with Crippen LogP contribution in [0.1, 0.15) is 33.4 Å². The van der Waals surface area contributed by atoms with Gasteiger partial charge in [0.15, 0.2) is 39.6 Å². The summed E-state index contributed by atoms with van der Waals surface area (Å²) in [5, 5.41) is 154.